The van der Waals surface area contributed by atoms with Crippen LogP contribution >= 0.6 is 0 Å². The molecule has 3 rings (SSSR count). The van der Waals surface area contributed by atoms with Crippen LogP contribution in [0.2, 0.25) is 0 Å². The number of furan rings is 1. The second-order valence-corrected chi connectivity index (χ2v) is 7.93. The molecule has 6 nitrogen and oxygen atoms in total. The number of aromatic nitrogens is 2. The maximum Gasteiger partial charge on any atom is 0.155 e. The third kappa shape index (κ3) is 2.42. The van der Waals surface area contributed by atoms with Gasteiger partial charge in [0.25, 0.3) is 0 Å². The minimum Gasteiger partial charge on any atom is -0.460 e. The zero-order valence-electron chi connectivity index (χ0n) is 11.9. The molecule has 21 heavy (non-hydrogen) atoms. The van der Waals surface area contributed by atoms with Gasteiger partial charge >= 0.3 is 0 Å². The van der Waals surface area contributed by atoms with Crippen molar-refractivity contribution in [1.29, 1.82) is 0 Å². The Labute approximate surface area is 122 Å². The van der Waals surface area contributed by atoms with E-state index in [2.05, 4.69) is 5.10 Å². The van der Waals surface area contributed by atoms with Gasteiger partial charge in [-0.3, -0.25) is 9.48 Å². The van der Waals surface area contributed by atoms with Crippen LogP contribution in [0.15, 0.2) is 22.7 Å². The molecule has 1 aliphatic rings. The molecule has 0 aromatic carbocycles. The highest BCUT2D eigenvalue weighted by molar-refractivity contribution is 7.91. The van der Waals surface area contributed by atoms with Crippen molar-refractivity contribution in [3.63, 3.8) is 0 Å². The molecule has 0 spiro atoms. The molecule has 1 atom stereocenters. The van der Waals surface area contributed by atoms with Crippen LogP contribution in [0.1, 0.15) is 29.5 Å². The maximum atomic E-state index is 11.7. The van der Waals surface area contributed by atoms with Crippen LogP contribution in [-0.4, -0.2) is 36.0 Å². The highest BCUT2D eigenvalue weighted by atomic mass is 32.2. The number of nitrogens with zero attached hydrogens (tertiary/aromatic N) is 2. The van der Waals surface area contributed by atoms with E-state index in [-0.39, 0.29) is 11.5 Å². The first kappa shape index (κ1) is 14.1. The molecule has 1 fully saturated rings. The molecule has 2 aromatic rings. The summed E-state index contributed by atoms with van der Waals surface area (Å²) in [7, 11) is -3.05. The van der Waals surface area contributed by atoms with E-state index < -0.39 is 15.4 Å². The van der Waals surface area contributed by atoms with Crippen molar-refractivity contribution in [2.75, 3.05) is 11.5 Å². The third-order valence-electron chi connectivity index (χ3n) is 3.88. The van der Waals surface area contributed by atoms with E-state index >= 15 is 0 Å². The lowest BCUT2D eigenvalue weighted by atomic mass is 10.0. The molecule has 2 aromatic heterocycles. The molecule has 0 aliphatic carbocycles. The molecule has 1 unspecified atom stereocenters. The van der Waals surface area contributed by atoms with Crippen LogP contribution in [0.3, 0.4) is 0 Å². The Kier molecular flexibility index (Phi) is 3.05. The minimum atomic E-state index is -3.05. The summed E-state index contributed by atoms with van der Waals surface area (Å²) in [5, 5.41) is 4.41. The smallest absolute Gasteiger partial charge is 0.155 e. The van der Waals surface area contributed by atoms with Crippen molar-refractivity contribution in [2.45, 2.75) is 25.8 Å². The summed E-state index contributed by atoms with van der Waals surface area (Å²) >= 11 is 0. The van der Waals surface area contributed by atoms with E-state index in [9.17, 15) is 13.2 Å². The average Bonchev–Trinajstić information content (AvgIpc) is 3.07. The van der Waals surface area contributed by atoms with Crippen LogP contribution in [0.4, 0.5) is 0 Å². The first-order valence-corrected chi connectivity index (χ1v) is 8.48. The van der Waals surface area contributed by atoms with Crippen LogP contribution < -0.4 is 0 Å². The second kappa shape index (κ2) is 4.56. The Bertz CT molecular complexity index is 803. The number of rotatable bonds is 3. The molecular formula is C14H16N2O4S. The van der Waals surface area contributed by atoms with Crippen molar-refractivity contribution in [3.05, 3.63) is 29.7 Å². The predicted octanol–water partition coefficient (Wildman–Crippen LogP) is 1.80. The number of carbonyl (C=O) groups is 1. The number of hydrogen-bond acceptors (Lipinski definition) is 5. The average molecular weight is 308 g/mol. The summed E-state index contributed by atoms with van der Waals surface area (Å²) < 4.78 is 30.6. The summed E-state index contributed by atoms with van der Waals surface area (Å²) in [5.41, 5.74) is 0.231. The Morgan fingerprint density at radius 2 is 2.19 bits per heavy atom. The van der Waals surface area contributed by atoms with Crippen LogP contribution in [0.25, 0.3) is 11.5 Å². The van der Waals surface area contributed by atoms with Crippen molar-refractivity contribution in [2.24, 2.45) is 0 Å². The molecule has 0 radical (unpaired) electrons. The van der Waals surface area contributed by atoms with Gasteiger partial charge in [0.15, 0.2) is 21.9 Å². The van der Waals surface area contributed by atoms with E-state index in [1.54, 1.807) is 23.0 Å². The zero-order chi connectivity index (χ0) is 15.3. The van der Waals surface area contributed by atoms with Crippen LogP contribution in [0.5, 0.6) is 0 Å². The molecule has 0 bridgehead atoms. The summed E-state index contributed by atoms with van der Waals surface area (Å²) in [6.07, 6.45) is 2.80. The quantitative estimate of drug-likeness (QED) is 0.807. The van der Waals surface area contributed by atoms with Gasteiger partial charge in [-0.1, -0.05) is 0 Å². The van der Waals surface area contributed by atoms with Gasteiger partial charge in [0.2, 0.25) is 0 Å². The van der Waals surface area contributed by atoms with Gasteiger partial charge in [-0.25, -0.2) is 8.42 Å². The monoisotopic (exact) mass is 308 g/mol. The number of carbonyl (C=O) groups excluding carboxylic acids is 1. The Morgan fingerprint density at radius 1 is 1.43 bits per heavy atom. The molecule has 0 saturated carbocycles. The van der Waals surface area contributed by atoms with Gasteiger partial charge in [-0.2, -0.15) is 5.10 Å². The molecular weight excluding hydrogens is 292 g/mol. The fourth-order valence-corrected chi connectivity index (χ4v) is 4.80. The Morgan fingerprint density at radius 3 is 2.71 bits per heavy atom. The van der Waals surface area contributed by atoms with Gasteiger partial charge in [-0.05, 0) is 32.4 Å². The third-order valence-corrected chi connectivity index (χ3v) is 5.77. The largest absolute Gasteiger partial charge is 0.460 e. The van der Waals surface area contributed by atoms with Gasteiger partial charge < -0.3 is 4.42 Å². The van der Waals surface area contributed by atoms with E-state index in [1.165, 1.54) is 0 Å². The number of aldehydes is 1. The summed E-state index contributed by atoms with van der Waals surface area (Å²) in [6, 6.07) is 3.55. The number of hydrogen-bond donors (Lipinski definition) is 0. The maximum absolute atomic E-state index is 11.7. The van der Waals surface area contributed by atoms with Gasteiger partial charge in [0, 0.05) is 6.20 Å². The molecule has 112 valence electrons. The first-order chi connectivity index (χ1) is 9.83. The lowest BCUT2D eigenvalue weighted by molar-refractivity contribution is 0.112. The zero-order valence-corrected chi connectivity index (χ0v) is 12.7. The molecule has 0 amide bonds. The van der Waals surface area contributed by atoms with Crippen molar-refractivity contribution in [1.82, 2.24) is 9.78 Å². The molecule has 7 heteroatoms. The highest BCUT2D eigenvalue weighted by Crippen LogP contribution is 2.32. The number of aryl methyl sites for hydroxylation is 1. The van der Waals surface area contributed by atoms with E-state index in [0.717, 1.165) is 5.76 Å². The number of sulfone groups is 1. The molecule has 1 saturated heterocycles. The Balaban J connectivity index is 2.06. The van der Waals surface area contributed by atoms with Crippen molar-refractivity contribution < 1.29 is 17.6 Å². The molecule has 1 aliphatic heterocycles. The SMILES string of the molecule is Cc1ccc(-c2nn(C3(C)CCS(=O)(=O)C3)cc2C=O)o1. The van der Waals surface area contributed by atoms with Gasteiger partial charge in [0.1, 0.15) is 11.5 Å². The summed E-state index contributed by atoms with van der Waals surface area (Å²) in [6.45, 7) is 3.65. The van der Waals surface area contributed by atoms with E-state index in [0.29, 0.717) is 29.7 Å². The van der Waals surface area contributed by atoms with Crippen LogP contribution in [-0.2, 0) is 15.4 Å². The lowest BCUT2D eigenvalue weighted by Gasteiger charge is -2.22. The Hall–Kier alpha value is -1.89. The highest BCUT2D eigenvalue weighted by Gasteiger charge is 2.41. The summed E-state index contributed by atoms with van der Waals surface area (Å²) in [4.78, 5) is 11.3. The second-order valence-electron chi connectivity index (χ2n) is 5.74. The summed E-state index contributed by atoms with van der Waals surface area (Å²) in [5.74, 6) is 1.43. The van der Waals surface area contributed by atoms with E-state index in [4.69, 9.17) is 4.42 Å². The topological polar surface area (TPSA) is 82.2 Å². The van der Waals surface area contributed by atoms with Crippen LogP contribution in [0, 0.1) is 6.92 Å². The van der Waals surface area contributed by atoms with Crippen molar-refractivity contribution in [3.8, 4) is 11.5 Å². The van der Waals surface area contributed by atoms with Crippen molar-refractivity contribution >= 4 is 16.1 Å². The van der Waals surface area contributed by atoms with E-state index in [1.807, 2.05) is 13.8 Å². The predicted molar refractivity (Wildman–Crippen MR) is 77.0 cm³/mol. The normalized spacial score (nSPS) is 24.3. The molecule has 0 N–H and O–H groups in total. The standard InChI is InChI=1S/C14H16N2O4S/c1-10-3-4-12(20-10)13-11(8-17)7-16(15-13)14(2)5-6-21(18,19)9-14/h3-4,7-8H,5-6,9H2,1-2H3. The first-order valence-electron chi connectivity index (χ1n) is 6.66. The fourth-order valence-electron chi connectivity index (χ4n) is 2.68. The van der Waals surface area contributed by atoms with Gasteiger partial charge in [-0.15, -0.1) is 0 Å². The molecule has 3 heterocycles. The lowest BCUT2D eigenvalue weighted by Crippen LogP contribution is -2.31. The fraction of sp³-hybridized carbons (Fsp3) is 0.429. The van der Waals surface area contributed by atoms with Gasteiger partial charge in [0.05, 0.1) is 22.6 Å². The minimum absolute atomic E-state index is 0.0383.